The number of aldehydes is 1. The zero-order valence-corrected chi connectivity index (χ0v) is 45.3. The van der Waals surface area contributed by atoms with Crippen LogP contribution in [0.5, 0.6) is 0 Å². The van der Waals surface area contributed by atoms with Gasteiger partial charge in [-0.05, 0) is 105 Å². The van der Waals surface area contributed by atoms with Crippen molar-refractivity contribution in [1.29, 1.82) is 0 Å². The highest BCUT2D eigenvalue weighted by atomic mass is 16.8. The monoisotopic (exact) mass is 1100 g/mol. The first-order chi connectivity index (χ1) is 36.2. The van der Waals surface area contributed by atoms with Gasteiger partial charge in [0.2, 0.25) is 0 Å². The number of carbonyl (C=O) groups excluding carboxylic acids is 1. The van der Waals surface area contributed by atoms with Gasteiger partial charge in [0.15, 0.2) is 25.2 Å². The van der Waals surface area contributed by atoms with Crippen molar-refractivity contribution >= 4 is 6.29 Å². The van der Waals surface area contributed by atoms with Crippen molar-refractivity contribution < 1.29 is 114 Å². The number of hydrogen-bond donors (Lipinski definition) is 13. The molecule has 10 rings (SSSR count). The minimum absolute atomic E-state index is 0.0302. The van der Waals surface area contributed by atoms with Gasteiger partial charge in [-0.1, -0.05) is 41.5 Å². The number of ether oxygens (including phenoxy) is 9. The van der Waals surface area contributed by atoms with E-state index in [1.807, 2.05) is 6.92 Å². The molecule has 2 bridgehead atoms. The Labute approximate surface area is 449 Å². The van der Waals surface area contributed by atoms with Crippen LogP contribution < -0.4 is 0 Å². The maximum atomic E-state index is 12.6. The SMILES string of the molecule is CC1OC(OC2C(CO)OC(OC3CCC4(C)C(CCC5(C)C4CCC46OCC7(CCC(C)(C=O)CC74)C(O)CC56C)C3(C)C)C(OC3OC(CO)C(O)C(O)C3O)C2OC2OC(CO)C(O)C(O)C2O)C(O)C(O)C1O. The number of carbonyl (C=O) groups is 1. The molecule has 31 atom stereocenters. The summed E-state index contributed by atoms with van der Waals surface area (Å²) in [5.74, 6) is 0.257. The Balaban J connectivity index is 0.989. The number of hydrogen-bond acceptors (Lipinski definition) is 23. The van der Waals surface area contributed by atoms with Crippen LogP contribution in [0.2, 0.25) is 0 Å². The van der Waals surface area contributed by atoms with E-state index < -0.39 is 177 Å². The third kappa shape index (κ3) is 8.83. The molecular weight excluding hydrogens is 1020 g/mol. The Hall–Kier alpha value is -1.21. The molecule has 5 aliphatic carbocycles. The van der Waals surface area contributed by atoms with Crippen LogP contribution in [0.25, 0.3) is 0 Å². The normalized spacial score (nSPS) is 58.3. The molecule has 0 amide bonds. The quantitative estimate of drug-likeness (QED) is 0.0732. The fourth-order valence-corrected chi connectivity index (χ4v) is 17.9. The highest BCUT2D eigenvalue weighted by Gasteiger charge is 2.80. The first-order valence-electron chi connectivity index (χ1n) is 28.1. The van der Waals surface area contributed by atoms with Crippen molar-refractivity contribution in [2.45, 2.75) is 253 Å². The van der Waals surface area contributed by atoms with Crippen LogP contribution in [0.15, 0.2) is 0 Å². The van der Waals surface area contributed by atoms with Gasteiger partial charge in [0, 0.05) is 16.2 Å². The molecule has 1 spiro atoms. The fourth-order valence-electron chi connectivity index (χ4n) is 17.9. The van der Waals surface area contributed by atoms with Crippen molar-refractivity contribution in [1.82, 2.24) is 0 Å². The van der Waals surface area contributed by atoms with Crippen molar-refractivity contribution in [2.24, 2.45) is 50.2 Å². The number of fused-ring (bicyclic) bond motifs is 4. The van der Waals surface area contributed by atoms with Crippen LogP contribution in [0.4, 0.5) is 0 Å². The molecule has 31 unspecified atom stereocenters. The summed E-state index contributed by atoms with van der Waals surface area (Å²) in [5, 5.41) is 143. The number of aliphatic hydroxyl groups excluding tert-OH is 13. The molecule has 13 N–H and O–H groups in total. The second-order valence-corrected chi connectivity index (χ2v) is 26.7. The lowest BCUT2D eigenvalue weighted by molar-refractivity contribution is -0.414. The van der Waals surface area contributed by atoms with Crippen LogP contribution in [0.3, 0.4) is 0 Å². The Morgan fingerprint density at radius 2 is 1.04 bits per heavy atom. The van der Waals surface area contributed by atoms with Gasteiger partial charge < -0.3 is 114 Å². The lowest BCUT2D eigenvalue weighted by Gasteiger charge is -2.75. The van der Waals surface area contributed by atoms with E-state index in [-0.39, 0.29) is 34.0 Å². The molecule has 0 aromatic carbocycles. The Morgan fingerprint density at radius 1 is 0.506 bits per heavy atom. The molecule has 10 fully saturated rings. The average molecular weight is 1110 g/mol. The lowest BCUT2D eigenvalue weighted by Crippen LogP contribution is -2.74. The van der Waals surface area contributed by atoms with E-state index >= 15 is 0 Å². The summed E-state index contributed by atoms with van der Waals surface area (Å²) in [6.07, 6.45) is -27.7. The summed E-state index contributed by atoms with van der Waals surface area (Å²) in [5.41, 5.74) is -2.99. The summed E-state index contributed by atoms with van der Waals surface area (Å²) < 4.78 is 57.8. The minimum Gasteiger partial charge on any atom is -0.394 e. The highest BCUT2D eigenvalue weighted by molar-refractivity contribution is 5.59. The molecule has 0 radical (unpaired) electrons. The maximum Gasteiger partial charge on any atom is 0.187 e. The molecule has 5 heterocycles. The predicted octanol–water partition coefficient (Wildman–Crippen LogP) is -2.14. The smallest absolute Gasteiger partial charge is 0.187 e. The van der Waals surface area contributed by atoms with E-state index in [0.717, 1.165) is 44.8 Å². The van der Waals surface area contributed by atoms with Crippen molar-refractivity contribution in [2.75, 3.05) is 26.4 Å². The summed E-state index contributed by atoms with van der Waals surface area (Å²) in [4.78, 5) is 12.6. The molecule has 77 heavy (non-hydrogen) atoms. The molecule has 0 aromatic rings. The maximum absolute atomic E-state index is 12.6. The van der Waals surface area contributed by atoms with Crippen LogP contribution in [0, 0.1) is 50.2 Å². The summed E-state index contributed by atoms with van der Waals surface area (Å²) in [6, 6.07) is 0. The van der Waals surface area contributed by atoms with E-state index in [1.54, 1.807) is 0 Å². The van der Waals surface area contributed by atoms with Gasteiger partial charge in [0.05, 0.1) is 50.3 Å². The minimum atomic E-state index is -2.02. The largest absolute Gasteiger partial charge is 0.394 e. The van der Waals surface area contributed by atoms with Gasteiger partial charge in [-0.3, -0.25) is 0 Å². The van der Waals surface area contributed by atoms with Crippen LogP contribution in [-0.4, -0.2) is 240 Å². The van der Waals surface area contributed by atoms with Gasteiger partial charge in [0.1, 0.15) is 97.8 Å². The van der Waals surface area contributed by atoms with Crippen molar-refractivity contribution in [3.8, 4) is 0 Å². The molecule has 5 aliphatic heterocycles. The molecule has 5 saturated carbocycles. The van der Waals surface area contributed by atoms with Crippen LogP contribution in [0.1, 0.15) is 113 Å². The molecule has 442 valence electrons. The van der Waals surface area contributed by atoms with Crippen molar-refractivity contribution in [3.63, 3.8) is 0 Å². The van der Waals surface area contributed by atoms with Gasteiger partial charge >= 0.3 is 0 Å². The van der Waals surface area contributed by atoms with E-state index in [4.69, 9.17) is 42.6 Å². The summed E-state index contributed by atoms with van der Waals surface area (Å²) >= 11 is 0. The standard InChI is InChI=1S/C54H88O23/c1-23-32(60)35(63)38(66)44(70-23)75-41-26(20-57)73-47(43(77-46-40(68)37(65)34(62)25(19-56)72-46)42(41)76-45-39(67)36(64)33(61)24(18-55)71-45)74-31-10-11-50(5)27(48(31,2)3)8-12-51(6)28(50)9-13-54-29-16-49(4,21-58)14-15-53(29,22-69-54)30(59)17-52(51,54)7/h21,23-47,55-57,59-68H,8-20,22H2,1-7H3. The first-order valence-corrected chi connectivity index (χ1v) is 28.1. The fraction of sp³-hybridized carbons (Fsp3) is 0.981. The number of aliphatic hydroxyl groups is 13. The first kappa shape index (κ1) is 59.0. The Morgan fingerprint density at radius 3 is 1.62 bits per heavy atom. The second kappa shape index (κ2) is 20.8. The molecule has 5 saturated heterocycles. The number of rotatable bonds is 12. The van der Waals surface area contributed by atoms with Gasteiger partial charge in [-0.2, -0.15) is 0 Å². The summed E-state index contributed by atoms with van der Waals surface area (Å²) in [6.45, 7) is 12.8. The van der Waals surface area contributed by atoms with E-state index in [0.29, 0.717) is 32.3 Å². The Kier molecular flexibility index (Phi) is 16.0. The predicted molar refractivity (Wildman–Crippen MR) is 261 cm³/mol. The highest BCUT2D eigenvalue weighted by Crippen LogP contribution is 2.80. The zero-order valence-electron chi connectivity index (χ0n) is 45.3. The third-order valence-electron chi connectivity index (χ3n) is 22.7. The summed E-state index contributed by atoms with van der Waals surface area (Å²) in [7, 11) is 0. The average Bonchev–Trinajstić information content (AvgIpc) is 3.95. The molecule has 10 aliphatic rings. The molecule has 23 nitrogen and oxygen atoms in total. The molecule has 0 aromatic heterocycles. The second-order valence-electron chi connectivity index (χ2n) is 26.7. The third-order valence-corrected chi connectivity index (χ3v) is 22.7. The van der Waals surface area contributed by atoms with E-state index in [9.17, 15) is 71.2 Å². The van der Waals surface area contributed by atoms with Gasteiger partial charge in [-0.25, -0.2) is 0 Å². The van der Waals surface area contributed by atoms with Gasteiger partial charge in [0.25, 0.3) is 0 Å². The molecule has 23 heteroatoms. The topological polar surface area (TPSA) is 363 Å². The zero-order chi connectivity index (χ0) is 55.9. The van der Waals surface area contributed by atoms with Crippen molar-refractivity contribution in [3.05, 3.63) is 0 Å². The Bertz CT molecular complexity index is 2110. The molecular formula is C54H88O23. The van der Waals surface area contributed by atoms with Crippen LogP contribution in [-0.2, 0) is 47.4 Å². The van der Waals surface area contributed by atoms with E-state index in [2.05, 4.69) is 34.6 Å². The van der Waals surface area contributed by atoms with Gasteiger partial charge in [-0.15, -0.1) is 0 Å². The van der Waals surface area contributed by atoms with E-state index in [1.165, 1.54) is 6.92 Å². The lowest BCUT2D eigenvalue weighted by atomic mass is 9.30. The van der Waals surface area contributed by atoms with Crippen LogP contribution >= 0.6 is 0 Å².